The third kappa shape index (κ3) is 11.9. The molecule has 4 heterocycles. The van der Waals surface area contributed by atoms with Crippen LogP contribution in [0, 0.1) is 0 Å². The maximum absolute atomic E-state index is 10.1. The zero-order valence-corrected chi connectivity index (χ0v) is 64.6. The monoisotopic (exact) mass is 1480 g/mol. The van der Waals surface area contributed by atoms with Crippen molar-refractivity contribution >= 4 is 118 Å². The minimum Gasteiger partial charge on any atom is -0.311 e. The van der Waals surface area contributed by atoms with Crippen molar-refractivity contribution < 1.29 is 24.7 Å². The van der Waals surface area contributed by atoms with Crippen LogP contribution in [0.1, 0.15) is 104 Å². The second-order valence-electron chi connectivity index (χ2n) is 32.8. The Morgan fingerprint density at radius 1 is 0.272 bits per heavy atom. The van der Waals surface area contributed by atoms with Gasteiger partial charge in [-0.3, -0.25) is 0 Å². The van der Waals surface area contributed by atoms with E-state index in [9.17, 15) is 16.4 Å². The molecule has 2 aliphatic rings. The molecule has 5 nitrogen and oxygen atoms in total. The summed E-state index contributed by atoms with van der Waals surface area (Å²) in [6.45, 7) is 19.2. The highest BCUT2D eigenvalue weighted by Crippen LogP contribution is 2.55. The smallest absolute Gasteiger partial charge is 0.252 e. The van der Waals surface area contributed by atoms with E-state index in [1.54, 1.807) is 29.2 Å². The van der Waals surface area contributed by atoms with Crippen LogP contribution < -0.4 is 31.1 Å². The minimum absolute atomic E-state index is 0.00134. The van der Waals surface area contributed by atoms with Gasteiger partial charge in [-0.25, -0.2) is 0 Å². The summed E-state index contributed by atoms with van der Waals surface area (Å²) in [7, 11) is 0. The summed E-state index contributed by atoms with van der Waals surface area (Å²) < 4.78 is 172. The van der Waals surface area contributed by atoms with Gasteiger partial charge in [-0.05, 0) is 227 Å². The maximum atomic E-state index is 10.1. The third-order valence-electron chi connectivity index (χ3n) is 22.7. The first-order chi connectivity index (χ1) is 62.9. The molecule has 20 rings (SSSR count). The second kappa shape index (κ2) is 27.2. The number of rotatable bonds is 12. The molecule has 0 aliphatic carbocycles. The van der Waals surface area contributed by atoms with Gasteiger partial charge in [0.2, 0.25) is 0 Å². The molecule has 0 atom stereocenters. The highest BCUT2D eigenvalue weighted by atomic mass is 15.2. The van der Waals surface area contributed by atoms with Crippen molar-refractivity contribution in [2.45, 2.75) is 78.6 Å². The summed E-state index contributed by atoms with van der Waals surface area (Å²) in [6.07, 6.45) is 0. The molecule has 0 N–H and O–H groups in total. The molecule has 0 unspecified atom stereocenters. The predicted molar refractivity (Wildman–Crippen MR) is 487 cm³/mol. The molecule has 0 spiro atoms. The van der Waals surface area contributed by atoms with Gasteiger partial charge in [0.05, 0.1) is 58.1 Å². The number of benzene rings is 16. The molecule has 0 saturated heterocycles. The fraction of sp³-hybridized carbons (Fsp3) is 0.111. The number of hydrogen-bond donors (Lipinski definition) is 0. The zero-order valence-electron chi connectivity index (χ0n) is 82.6. The van der Waals surface area contributed by atoms with Gasteiger partial charge in [0, 0.05) is 83.9 Å². The largest absolute Gasteiger partial charge is 0.311 e. The van der Waals surface area contributed by atoms with Gasteiger partial charge < -0.3 is 23.8 Å². The van der Waals surface area contributed by atoms with Gasteiger partial charge >= 0.3 is 0 Å². The molecule has 548 valence electrons. The van der Waals surface area contributed by atoms with Crippen LogP contribution in [0.5, 0.6) is 0 Å². The van der Waals surface area contributed by atoms with E-state index in [0.717, 1.165) is 122 Å². The van der Waals surface area contributed by atoms with Crippen molar-refractivity contribution in [3.05, 3.63) is 386 Å². The molecule has 16 aromatic carbocycles. The van der Waals surface area contributed by atoms with Gasteiger partial charge in [-0.1, -0.05) is 299 Å². The van der Waals surface area contributed by atoms with Crippen molar-refractivity contribution in [2.75, 3.05) is 14.7 Å². The van der Waals surface area contributed by atoms with Crippen LogP contribution in [-0.4, -0.2) is 15.8 Å². The van der Waals surface area contributed by atoms with Gasteiger partial charge in [-0.2, -0.15) is 0 Å². The third-order valence-corrected chi connectivity index (χ3v) is 22.7. The van der Waals surface area contributed by atoms with Crippen molar-refractivity contribution in [3.63, 3.8) is 0 Å². The normalized spacial score (nSPS) is 14.9. The molecule has 2 aliphatic heterocycles. The van der Waals surface area contributed by atoms with Crippen molar-refractivity contribution in [1.29, 1.82) is 0 Å². The van der Waals surface area contributed by atoms with Gasteiger partial charge in [0.1, 0.15) is 0 Å². The summed E-state index contributed by atoms with van der Waals surface area (Å²) in [4.78, 5) is 6.26. The van der Waals surface area contributed by atoms with Crippen LogP contribution in [0.15, 0.2) is 370 Å². The average Bonchev–Trinajstić information content (AvgIpc) is 0.704. The predicted octanol–water partition coefficient (Wildman–Crippen LogP) is 27.7. The van der Waals surface area contributed by atoms with E-state index in [1.165, 1.54) is 4.57 Å². The molecule has 18 aromatic rings. The quantitative estimate of drug-likeness (QED) is 0.114. The number of nitrogens with zero attached hydrogens (tertiary/aromatic N) is 5. The fourth-order valence-corrected chi connectivity index (χ4v) is 17.0. The Morgan fingerprint density at radius 3 is 1.24 bits per heavy atom. The average molecular weight is 1480 g/mol. The molecule has 0 amide bonds. The lowest BCUT2D eigenvalue weighted by Gasteiger charge is -2.46. The molecule has 6 heteroatoms. The summed E-state index contributed by atoms with van der Waals surface area (Å²) in [5, 5.41) is 1.81. The van der Waals surface area contributed by atoms with E-state index >= 15 is 0 Å². The van der Waals surface area contributed by atoms with E-state index in [4.69, 9.17) is 8.22 Å². The SMILES string of the molecule is [2H]c1c([2H])c([2H])c(-c2ccc3c(c2)N(c2cc(-c4ccccc4)cc(-c4ccccc4)c2)c2cc(-n4c5ccc(C(C)(C)C)cc5c5cc(C(C)(C)C)ccc54)cc4c2B3c2ccc(N(c3ccc(-n5c6c([2H])c([2H])c([2H])c([2H])c6c6c([2H])c([2H])c([2H])c([2H])c65)cc3)c3c([2H])c([2H])c([2H])c([2H])c3[2H])cc2N4c2c(-c3ccccc3)cc(C(C)(C)C)cc2-c2ccccc2)c([2H])c1[2H]. The number of fused-ring (bicyclic) bond motifs is 10. The lowest BCUT2D eigenvalue weighted by molar-refractivity contribution is 0.590. The van der Waals surface area contributed by atoms with Crippen molar-refractivity contribution in [1.82, 2.24) is 9.13 Å². The minimum atomic E-state index is -0.783. The maximum Gasteiger partial charge on any atom is 0.252 e. The van der Waals surface area contributed by atoms with Crippen LogP contribution in [0.25, 0.3) is 111 Å². The Kier molecular flexibility index (Phi) is 12.6. The first-order valence-electron chi connectivity index (χ1n) is 47.7. The van der Waals surface area contributed by atoms with E-state index in [-0.39, 0.29) is 67.3 Å². The molecule has 0 saturated carbocycles. The second-order valence-corrected chi connectivity index (χ2v) is 32.8. The Balaban J connectivity index is 0.972. The Labute approximate surface area is 694 Å². The summed E-state index contributed by atoms with van der Waals surface area (Å²) >= 11 is 0. The van der Waals surface area contributed by atoms with E-state index in [2.05, 4.69) is 204 Å². The molecule has 0 radical (unpaired) electrons. The van der Waals surface area contributed by atoms with Gasteiger partial charge in [0.15, 0.2) is 0 Å². The van der Waals surface area contributed by atoms with Gasteiger partial charge in [0.25, 0.3) is 6.71 Å². The Morgan fingerprint density at radius 2 is 0.719 bits per heavy atom. The molecular weight excluding hydrogens is 1380 g/mol. The highest BCUT2D eigenvalue weighted by molar-refractivity contribution is 7.00. The molecular formula is C108H88BN5. The van der Waals surface area contributed by atoms with E-state index < -0.39 is 109 Å². The van der Waals surface area contributed by atoms with Crippen LogP contribution in [0.4, 0.5) is 51.2 Å². The van der Waals surface area contributed by atoms with Crippen LogP contribution in [0.2, 0.25) is 0 Å². The standard InChI is InChI=1S/C108H88BN5/c1-106(2,3)79-49-58-98-92(64-79)93-65-80(107(4,5)6)50-59-99(93)112(98)87-69-102-104-103(70-87)114(105-90(74-38-22-13-23-39-74)66-81(108(7,8)9)67-91(105)75-40-24-14-25-41-75)101-68-85(110(82-42-26-15-27-43-82)83-51-53-84(54-52-83)111-96-46-30-28-44-88(96)89-45-29-31-47-97(89)111)55-57-95(101)109(104)94-56-48-76(71-32-16-10-17-33-71)63-100(94)113(102)86-61-77(72-34-18-11-19-35-72)60-78(62-86)73-36-20-12-21-37-73/h10-70H,1-9H3/i10D,15D,16D,17D,26D,27D,28D,29D,30D,31D,32D,33D,42D,43D,44D,45D,46D,47D. The lowest BCUT2D eigenvalue weighted by atomic mass is 9.33. The van der Waals surface area contributed by atoms with Crippen LogP contribution in [-0.2, 0) is 16.2 Å². The number of aromatic nitrogens is 2. The zero-order chi connectivity index (χ0) is 93.0. The molecule has 114 heavy (non-hydrogen) atoms. The number of anilines is 9. The van der Waals surface area contributed by atoms with Gasteiger partial charge in [-0.15, -0.1) is 0 Å². The molecule has 0 fully saturated rings. The van der Waals surface area contributed by atoms with Crippen molar-refractivity contribution in [2.24, 2.45) is 0 Å². The Bertz CT molecular complexity index is 7610. The van der Waals surface area contributed by atoms with E-state index in [0.29, 0.717) is 28.3 Å². The highest BCUT2D eigenvalue weighted by Gasteiger charge is 2.46. The van der Waals surface area contributed by atoms with E-state index in [1.807, 2.05) is 109 Å². The first-order valence-corrected chi connectivity index (χ1v) is 38.7. The lowest BCUT2D eigenvalue weighted by Crippen LogP contribution is -2.61. The number of hydrogen-bond acceptors (Lipinski definition) is 3. The van der Waals surface area contributed by atoms with Crippen LogP contribution >= 0.6 is 0 Å². The molecule has 0 bridgehead atoms. The summed E-state index contributed by atoms with van der Waals surface area (Å²) in [5.74, 6) is 0. The van der Waals surface area contributed by atoms with Crippen LogP contribution in [0.3, 0.4) is 0 Å². The summed E-state index contributed by atoms with van der Waals surface area (Å²) in [6, 6.07) is 78.9. The summed E-state index contributed by atoms with van der Waals surface area (Å²) in [5.41, 5.74) is 19.0. The fourth-order valence-electron chi connectivity index (χ4n) is 17.0. The topological polar surface area (TPSA) is 19.6 Å². The molecule has 2 aromatic heterocycles. The Hall–Kier alpha value is -13.4. The van der Waals surface area contributed by atoms with Crippen molar-refractivity contribution in [3.8, 4) is 67.0 Å². The first kappa shape index (κ1) is 52.7. The number of para-hydroxylation sites is 3.